The molecule has 13 heteroatoms. The summed E-state index contributed by atoms with van der Waals surface area (Å²) >= 11 is 8.01. The summed E-state index contributed by atoms with van der Waals surface area (Å²) < 4.78 is 25.4. The zero-order valence-corrected chi connectivity index (χ0v) is 21.8. The van der Waals surface area contributed by atoms with Crippen molar-refractivity contribution in [1.82, 2.24) is 24.7 Å². The fourth-order valence-corrected chi connectivity index (χ4v) is 5.79. The van der Waals surface area contributed by atoms with E-state index in [0.717, 1.165) is 27.6 Å². The van der Waals surface area contributed by atoms with E-state index in [1.165, 1.54) is 17.8 Å². The Labute approximate surface area is 216 Å². The maximum absolute atomic E-state index is 11.4. The van der Waals surface area contributed by atoms with Crippen LogP contribution in [0.5, 0.6) is 0 Å². The van der Waals surface area contributed by atoms with Gasteiger partial charge in [-0.3, -0.25) is 0 Å². The number of nitrogens with one attached hydrogen (secondary N) is 2. The number of carboxylic acids is 1. The largest absolute Gasteiger partial charge is 0.477 e. The highest BCUT2D eigenvalue weighted by molar-refractivity contribution is 7.99. The quantitative estimate of drug-likeness (QED) is 0.283. The van der Waals surface area contributed by atoms with E-state index in [4.69, 9.17) is 21.6 Å². The lowest BCUT2D eigenvalue weighted by atomic mass is 10.0. The molecule has 1 fully saturated rings. The Morgan fingerprint density at radius 2 is 2.00 bits per heavy atom. The highest BCUT2D eigenvalue weighted by atomic mass is 35.5. The van der Waals surface area contributed by atoms with E-state index in [2.05, 4.69) is 19.6 Å². The third-order valence-corrected chi connectivity index (χ3v) is 7.92. The Hall–Kier alpha value is -2.93. The lowest BCUT2D eigenvalue weighted by Gasteiger charge is -2.40. The average molecular weight is 547 g/mol. The second kappa shape index (κ2) is 9.51. The number of hydrogen-bond acceptors (Lipinski definition) is 8. The highest BCUT2D eigenvalue weighted by Gasteiger charge is 2.31. The van der Waals surface area contributed by atoms with Crippen LogP contribution in [0.4, 0.5) is 5.82 Å². The maximum atomic E-state index is 11.4. The van der Waals surface area contributed by atoms with Gasteiger partial charge in [0.25, 0.3) is 0 Å². The molecule has 0 bridgehead atoms. The summed E-state index contributed by atoms with van der Waals surface area (Å²) in [6.07, 6.45) is 1.86. The van der Waals surface area contributed by atoms with Gasteiger partial charge in [-0.1, -0.05) is 30.7 Å². The Morgan fingerprint density at radius 3 is 2.69 bits per heavy atom. The number of hydrogen-bond donors (Lipinski definition) is 3. The van der Waals surface area contributed by atoms with Crippen LogP contribution in [0.15, 0.2) is 40.4 Å². The number of fused-ring (bicyclic) bond motifs is 2. The number of aromatic amines is 1. The molecule has 1 aliphatic rings. The standard InChI is InChI=1S/C23H23ClN6O4S2/c1-3-15-19(24)18-20(27-15)28-23(29-21(18)30-10-12(11-30)9-25-36(2,33)34)35-14-6-4-13-5-7-16(22(31)32)26-17(13)8-14/h4-8,12,25H,3,9-11H2,1-2H3,(H,31,32)(H,27,28,29). The Bertz CT molecular complexity index is 1600. The minimum Gasteiger partial charge on any atom is -0.477 e. The van der Waals surface area contributed by atoms with Gasteiger partial charge in [-0.25, -0.2) is 32.9 Å². The molecule has 188 valence electrons. The van der Waals surface area contributed by atoms with Crippen molar-refractivity contribution in [2.75, 3.05) is 30.8 Å². The molecule has 10 nitrogen and oxygen atoms in total. The van der Waals surface area contributed by atoms with Gasteiger partial charge in [0, 0.05) is 41.5 Å². The van der Waals surface area contributed by atoms with E-state index >= 15 is 0 Å². The molecule has 0 unspecified atom stereocenters. The minimum absolute atomic E-state index is 0.0181. The van der Waals surface area contributed by atoms with E-state index < -0.39 is 16.0 Å². The van der Waals surface area contributed by atoms with Gasteiger partial charge in [0.15, 0.2) is 5.16 Å². The van der Waals surface area contributed by atoms with Gasteiger partial charge >= 0.3 is 5.97 Å². The van der Waals surface area contributed by atoms with Crippen molar-refractivity contribution >= 4 is 67.1 Å². The van der Waals surface area contributed by atoms with Crippen LogP contribution in [0.2, 0.25) is 5.02 Å². The predicted octanol–water partition coefficient (Wildman–Crippen LogP) is 3.56. The molecular formula is C23H23ClN6O4S2. The molecule has 3 N–H and O–H groups in total. The first-order valence-electron chi connectivity index (χ1n) is 11.2. The van der Waals surface area contributed by atoms with E-state index in [1.54, 1.807) is 6.07 Å². The van der Waals surface area contributed by atoms with Crippen molar-refractivity contribution in [3.05, 3.63) is 46.7 Å². The number of halogens is 1. The third kappa shape index (κ3) is 4.99. The number of carboxylic acid groups (broad SMARTS) is 1. The van der Waals surface area contributed by atoms with Crippen LogP contribution in [0.3, 0.4) is 0 Å². The van der Waals surface area contributed by atoms with Crippen LogP contribution in [-0.2, 0) is 16.4 Å². The zero-order valence-electron chi connectivity index (χ0n) is 19.4. The van der Waals surface area contributed by atoms with E-state index in [-0.39, 0.29) is 11.6 Å². The second-order valence-electron chi connectivity index (χ2n) is 8.67. The molecule has 0 amide bonds. The molecule has 1 saturated heterocycles. The number of rotatable bonds is 8. The number of benzene rings is 1. The third-order valence-electron chi connectivity index (χ3n) is 5.96. The molecule has 1 aliphatic heterocycles. The van der Waals surface area contributed by atoms with Crippen LogP contribution in [-0.4, -0.2) is 65.3 Å². The van der Waals surface area contributed by atoms with E-state index in [0.29, 0.717) is 53.2 Å². The lowest BCUT2D eigenvalue weighted by Crippen LogP contribution is -2.51. The van der Waals surface area contributed by atoms with Crippen LogP contribution in [0, 0.1) is 5.92 Å². The lowest BCUT2D eigenvalue weighted by molar-refractivity contribution is 0.0691. The number of pyridine rings is 1. The zero-order chi connectivity index (χ0) is 25.6. The van der Waals surface area contributed by atoms with Crippen molar-refractivity contribution in [2.45, 2.75) is 23.4 Å². The van der Waals surface area contributed by atoms with E-state index in [1.807, 2.05) is 25.1 Å². The van der Waals surface area contributed by atoms with Crippen molar-refractivity contribution in [3.63, 3.8) is 0 Å². The maximum Gasteiger partial charge on any atom is 0.354 e. The minimum atomic E-state index is -3.24. The van der Waals surface area contributed by atoms with Crippen molar-refractivity contribution in [2.24, 2.45) is 5.92 Å². The van der Waals surface area contributed by atoms with E-state index in [9.17, 15) is 18.3 Å². The first-order valence-corrected chi connectivity index (χ1v) is 14.3. The summed E-state index contributed by atoms with van der Waals surface area (Å²) in [5.41, 5.74) is 2.06. The fourth-order valence-electron chi connectivity index (χ4n) is 4.11. The molecule has 4 aromatic rings. The molecule has 1 aromatic carbocycles. The molecule has 36 heavy (non-hydrogen) atoms. The van der Waals surface area contributed by atoms with Crippen LogP contribution < -0.4 is 9.62 Å². The molecule has 0 aliphatic carbocycles. The second-order valence-corrected chi connectivity index (χ2v) is 11.9. The molecule has 0 spiro atoms. The van der Waals surface area contributed by atoms with Crippen molar-refractivity contribution in [1.29, 1.82) is 0 Å². The summed E-state index contributed by atoms with van der Waals surface area (Å²) in [6, 6.07) is 8.82. The molecule has 4 heterocycles. The van der Waals surface area contributed by atoms with Crippen LogP contribution in [0.1, 0.15) is 23.1 Å². The number of aromatic carboxylic acids is 1. The normalized spacial score (nSPS) is 14.5. The molecule has 0 radical (unpaired) electrons. The molecule has 3 aromatic heterocycles. The fraction of sp³-hybridized carbons (Fsp3) is 0.304. The van der Waals surface area contributed by atoms with Gasteiger partial charge < -0.3 is 15.0 Å². The topological polar surface area (TPSA) is 141 Å². The van der Waals surface area contributed by atoms with Crippen molar-refractivity contribution < 1.29 is 18.3 Å². The van der Waals surface area contributed by atoms with Crippen LogP contribution in [0.25, 0.3) is 21.9 Å². The summed E-state index contributed by atoms with van der Waals surface area (Å²) in [5, 5.41) is 11.9. The van der Waals surface area contributed by atoms with Crippen molar-refractivity contribution in [3.8, 4) is 0 Å². The highest BCUT2D eigenvalue weighted by Crippen LogP contribution is 2.39. The number of H-pyrrole nitrogens is 1. The number of aryl methyl sites for hydroxylation is 1. The number of anilines is 1. The molecule has 0 saturated carbocycles. The first-order chi connectivity index (χ1) is 17.1. The summed E-state index contributed by atoms with van der Waals surface area (Å²) in [4.78, 5) is 31.2. The molecular weight excluding hydrogens is 524 g/mol. The average Bonchev–Trinajstić information content (AvgIpc) is 3.12. The molecule has 5 rings (SSSR count). The van der Waals surface area contributed by atoms with Gasteiger partial charge in [0.2, 0.25) is 10.0 Å². The number of carbonyl (C=O) groups is 1. The van der Waals surface area contributed by atoms with Gasteiger partial charge in [-0.05, 0) is 36.4 Å². The monoisotopic (exact) mass is 546 g/mol. The van der Waals surface area contributed by atoms with Gasteiger partial charge in [0.05, 0.1) is 22.2 Å². The summed E-state index contributed by atoms with van der Waals surface area (Å²) in [7, 11) is -3.24. The summed E-state index contributed by atoms with van der Waals surface area (Å²) in [6.45, 7) is 3.65. The number of nitrogens with zero attached hydrogens (tertiary/aromatic N) is 4. The molecule has 0 atom stereocenters. The first kappa shape index (κ1) is 24.8. The number of aromatic nitrogens is 4. The number of sulfonamides is 1. The Kier molecular flexibility index (Phi) is 6.54. The van der Waals surface area contributed by atoms with Gasteiger partial charge in [-0.15, -0.1) is 0 Å². The SMILES string of the molecule is CCc1[nH]c2nc(Sc3ccc4ccc(C(=O)O)nc4c3)nc(N3CC(CNS(C)(=O)=O)C3)c2c1Cl. The predicted molar refractivity (Wildman–Crippen MR) is 140 cm³/mol. The van der Waals surface area contributed by atoms with Gasteiger partial charge in [-0.2, -0.15) is 0 Å². The Morgan fingerprint density at radius 1 is 1.25 bits per heavy atom. The Balaban J connectivity index is 1.47. The van der Waals surface area contributed by atoms with Gasteiger partial charge in [0.1, 0.15) is 17.2 Å². The smallest absolute Gasteiger partial charge is 0.354 e. The van der Waals surface area contributed by atoms with Crippen LogP contribution >= 0.6 is 23.4 Å². The summed E-state index contributed by atoms with van der Waals surface area (Å²) in [5.74, 6) is -0.214.